The number of hydrogen-bond donors (Lipinski definition) is 1. The van der Waals surface area contributed by atoms with Gasteiger partial charge in [-0.3, -0.25) is 0 Å². The molecule has 0 amide bonds. The van der Waals surface area contributed by atoms with Gasteiger partial charge in [-0.15, -0.1) is 0 Å². The fraction of sp³-hybridized carbons (Fsp3) is 0.375. The van der Waals surface area contributed by atoms with E-state index < -0.39 is 0 Å². The van der Waals surface area contributed by atoms with Crippen molar-refractivity contribution in [2.24, 2.45) is 0 Å². The Morgan fingerprint density at radius 1 is 1.16 bits per heavy atom. The van der Waals surface area contributed by atoms with Crippen molar-refractivity contribution in [3.8, 4) is 5.75 Å². The van der Waals surface area contributed by atoms with Gasteiger partial charge >= 0.3 is 0 Å². The minimum atomic E-state index is 0.220. The summed E-state index contributed by atoms with van der Waals surface area (Å²) in [6.07, 6.45) is 2.85. The van der Waals surface area contributed by atoms with E-state index in [9.17, 15) is 0 Å². The van der Waals surface area contributed by atoms with E-state index in [2.05, 4.69) is 17.4 Å². The van der Waals surface area contributed by atoms with Crippen LogP contribution >= 0.6 is 0 Å². The Morgan fingerprint density at radius 2 is 1.95 bits per heavy atom. The quantitative estimate of drug-likeness (QED) is 0.774. The molecular formula is C16H21NO2. The Morgan fingerprint density at radius 3 is 2.58 bits per heavy atom. The van der Waals surface area contributed by atoms with Crippen molar-refractivity contribution in [1.29, 1.82) is 0 Å². The molecule has 0 saturated heterocycles. The second-order valence-electron chi connectivity index (χ2n) is 4.82. The van der Waals surface area contributed by atoms with Crippen LogP contribution in [0.5, 0.6) is 5.75 Å². The maximum Gasteiger partial charge on any atom is 0.119 e. The van der Waals surface area contributed by atoms with Gasteiger partial charge in [0.1, 0.15) is 11.5 Å². The smallest absolute Gasteiger partial charge is 0.119 e. The molecule has 0 aliphatic rings. The van der Waals surface area contributed by atoms with Crippen molar-refractivity contribution in [3.05, 3.63) is 54.0 Å². The highest BCUT2D eigenvalue weighted by Crippen LogP contribution is 2.13. The Kier molecular flexibility index (Phi) is 5.04. The predicted octanol–water partition coefficient (Wildman–Crippen LogP) is 3.40. The van der Waals surface area contributed by atoms with Gasteiger partial charge in [0.05, 0.1) is 12.4 Å². The van der Waals surface area contributed by atoms with E-state index in [1.54, 1.807) is 6.26 Å². The van der Waals surface area contributed by atoms with E-state index >= 15 is 0 Å². The highest BCUT2D eigenvalue weighted by molar-refractivity contribution is 5.27. The second-order valence-corrected chi connectivity index (χ2v) is 4.82. The standard InChI is InChI=1S/C16H21NO2/c1-13(2)19-16-7-5-14(6-8-16)12-17-10-9-15-4-3-11-18-15/h3-8,11,13,17H,9-10,12H2,1-2H3. The van der Waals surface area contributed by atoms with Crippen LogP contribution in [0, 0.1) is 0 Å². The second kappa shape index (κ2) is 7.00. The van der Waals surface area contributed by atoms with Crippen LogP contribution in [0.15, 0.2) is 47.1 Å². The molecule has 1 aromatic carbocycles. The van der Waals surface area contributed by atoms with Gasteiger partial charge in [-0.1, -0.05) is 12.1 Å². The molecule has 0 radical (unpaired) electrons. The largest absolute Gasteiger partial charge is 0.491 e. The molecule has 2 rings (SSSR count). The Labute approximate surface area is 114 Å². The van der Waals surface area contributed by atoms with Gasteiger partial charge < -0.3 is 14.5 Å². The van der Waals surface area contributed by atoms with Crippen LogP contribution in [0.1, 0.15) is 25.2 Å². The van der Waals surface area contributed by atoms with Crippen LogP contribution in [0.3, 0.4) is 0 Å². The van der Waals surface area contributed by atoms with Gasteiger partial charge in [-0.2, -0.15) is 0 Å². The fourth-order valence-electron chi connectivity index (χ4n) is 1.86. The summed E-state index contributed by atoms with van der Waals surface area (Å²) in [5.74, 6) is 1.95. The molecule has 0 bridgehead atoms. The van der Waals surface area contributed by atoms with E-state index in [1.807, 2.05) is 38.1 Å². The average Bonchev–Trinajstić information content (AvgIpc) is 2.89. The van der Waals surface area contributed by atoms with Gasteiger partial charge in [-0.05, 0) is 43.7 Å². The normalized spacial score (nSPS) is 10.9. The Bertz CT molecular complexity index is 460. The van der Waals surface area contributed by atoms with Crippen molar-refractivity contribution in [2.45, 2.75) is 32.9 Å². The SMILES string of the molecule is CC(C)Oc1ccc(CNCCc2ccco2)cc1. The van der Waals surface area contributed by atoms with Crippen molar-refractivity contribution < 1.29 is 9.15 Å². The first-order valence-electron chi connectivity index (χ1n) is 6.73. The zero-order chi connectivity index (χ0) is 13.5. The summed E-state index contributed by atoms with van der Waals surface area (Å²) in [5.41, 5.74) is 1.26. The summed E-state index contributed by atoms with van der Waals surface area (Å²) in [6.45, 7) is 5.84. The monoisotopic (exact) mass is 259 g/mol. The number of ether oxygens (including phenoxy) is 1. The van der Waals surface area contributed by atoms with Gasteiger partial charge in [-0.25, -0.2) is 0 Å². The third-order valence-corrected chi connectivity index (χ3v) is 2.75. The van der Waals surface area contributed by atoms with Crippen LogP contribution in [0.4, 0.5) is 0 Å². The maximum atomic E-state index is 5.61. The van der Waals surface area contributed by atoms with Crippen LogP contribution in [0.25, 0.3) is 0 Å². The lowest BCUT2D eigenvalue weighted by atomic mass is 10.2. The third kappa shape index (κ3) is 4.79. The minimum Gasteiger partial charge on any atom is -0.491 e. The Hall–Kier alpha value is -1.74. The maximum absolute atomic E-state index is 5.61. The number of furan rings is 1. The predicted molar refractivity (Wildman–Crippen MR) is 76.3 cm³/mol. The number of hydrogen-bond acceptors (Lipinski definition) is 3. The lowest BCUT2D eigenvalue weighted by molar-refractivity contribution is 0.242. The molecule has 1 N–H and O–H groups in total. The summed E-state index contributed by atoms with van der Waals surface area (Å²) in [4.78, 5) is 0. The molecule has 1 heterocycles. The topological polar surface area (TPSA) is 34.4 Å². The van der Waals surface area contributed by atoms with Gasteiger partial charge in [0.25, 0.3) is 0 Å². The van der Waals surface area contributed by atoms with Gasteiger partial charge in [0.2, 0.25) is 0 Å². The van der Waals surface area contributed by atoms with Crippen LogP contribution in [-0.2, 0) is 13.0 Å². The van der Waals surface area contributed by atoms with E-state index in [1.165, 1.54) is 5.56 Å². The number of benzene rings is 1. The average molecular weight is 259 g/mol. The molecule has 1 aromatic heterocycles. The summed E-state index contributed by atoms with van der Waals surface area (Å²) in [7, 11) is 0. The molecule has 3 nitrogen and oxygen atoms in total. The van der Waals surface area contributed by atoms with E-state index in [4.69, 9.17) is 9.15 Å². The summed E-state index contributed by atoms with van der Waals surface area (Å²) < 4.78 is 10.9. The molecule has 19 heavy (non-hydrogen) atoms. The van der Waals surface area contributed by atoms with E-state index in [0.29, 0.717) is 0 Å². The molecule has 0 unspecified atom stereocenters. The fourth-order valence-corrected chi connectivity index (χ4v) is 1.86. The van der Waals surface area contributed by atoms with Crippen LogP contribution in [0.2, 0.25) is 0 Å². The zero-order valence-corrected chi connectivity index (χ0v) is 11.6. The molecule has 0 saturated carbocycles. The summed E-state index contributed by atoms with van der Waals surface area (Å²) >= 11 is 0. The first-order valence-corrected chi connectivity index (χ1v) is 6.73. The van der Waals surface area contributed by atoms with E-state index in [0.717, 1.165) is 31.0 Å². The highest BCUT2D eigenvalue weighted by atomic mass is 16.5. The van der Waals surface area contributed by atoms with Crippen molar-refractivity contribution >= 4 is 0 Å². The first-order chi connectivity index (χ1) is 9.24. The van der Waals surface area contributed by atoms with Crippen LogP contribution in [-0.4, -0.2) is 12.6 Å². The van der Waals surface area contributed by atoms with Crippen molar-refractivity contribution in [3.63, 3.8) is 0 Å². The molecule has 2 aromatic rings. The van der Waals surface area contributed by atoms with E-state index in [-0.39, 0.29) is 6.10 Å². The lowest BCUT2D eigenvalue weighted by Gasteiger charge is -2.10. The van der Waals surface area contributed by atoms with Gasteiger partial charge in [0.15, 0.2) is 0 Å². The molecule has 3 heteroatoms. The number of nitrogens with one attached hydrogen (secondary N) is 1. The molecule has 0 atom stereocenters. The third-order valence-electron chi connectivity index (χ3n) is 2.75. The number of rotatable bonds is 7. The molecular weight excluding hydrogens is 238 g/mol. The molecule has 0 aliphatic heterocycles. The van der Waals surface area contributed by atoms with Crippen molar-refractivity contribution in [1.82, 2.24) is 5.32 Å². The lowest BCUT2D eigenvalue weighted by Crippen LogP contribution is -2.16. The molecule has 0 fully saturated rings. The Balaban J connectivity index is 1.71. The summed E-state index contributed by atoms with van der Waals surface area (Å²) in [5, 5.41) is 3.40. The molecule has 102 valence electrons. The van der Waals surface area contributed by atoms with Gasteiger partial charge in [0, 0.05) is 19.5 Å². The highest BCUT2D eigenvalue weighted by Gasteiger charge is 1.99. The van der Waals surface area contributed by atoms with Crippen molar-refractivity contribution in [2.75, 3.05) is 6.54 Å². The minimum absolute atomic E-state index is 0.220. The first kappa shape index (κ1) is 13.7. The molecule has 0 spiro atoms. The molecule has 0 aliphatic carbocycles. The summed E-state index contributed by atoms with van der Waals surface area (Å²) in [6, 6.07) is 12.1. The van der Waals surface area contributed by atoms with Crippen LogP contribution < -0.4 is 10.1 Å². The zero-order valence-electron chi connectivity index (χ0n) is 11.6.